The highest BCUT2D eigenvalue weighted by Crippen LogP contribution is 2.33. The van der Waals surface area contributed by atoms with Crippen molar-refractivity contribution in [3.8, 4) is 11.3 Å². The Balaban J connectivity index is 1.12. The number of piperidine rings is 1. The van der Waals surface area contributed by atoms with Crippen LogP contribution in [0.5, 0.6) is 0 Å². The fourth-order valence-corrected chi connectivity index (χ4v) is 6.49. The molecule has 0 spiro atoms. The molecule has 4 heterocycles. The minimum Gasteiger partial charge on any atom is -0.379 e. The van der Waals surface area contributed by atoms with E-state index in [0.717, 1.165) is 53.2 Å². The first-order valence-corrected chi connectivity index (χ1v) is 14.1. The van der Waals surface area contributed by atoms with Gasteiger partial charge < -0.3 is 15.3 Å². The fraction of sp³-hybridized carbons (Fsp3) is 0.429. The molecular weight excluding hydrogens is 508 g/mol. The summed E-state index contributed by atoms with van der Waals surface area (Å²) < 4.78 is 31.2. The number of carbonyl (C=O) groups is 1. The highest BCUT2D eigenvalue weighted by molar-refractivity contribution is 7.23. The second-order valence-corrected chi connectivity index (χ2v) is 11.2. The maximum atomic E-state index is 15.0. The average molecular weight is 540 g/mol. The van der Waals surface area contributed by atoms with Gasteiger partial charge in [-0.3, -0.25) is 14.5 Å². The highest BCUT2D eigenvalue weighted by atomic mass is 32.1. The summed E-state index contributed by atoms with van der Waals surface area (Å²) in [7, 11) is 0. The van der Waals surface area contributed by atoms with Crippen LogP contribution in [0.2, 0.25) is 0 Å². The van der Waals surface area contributed by atoms with Gasteiger partial charge in [0.15, 0.2) is 4.96 Å². The van der Waals surface area contributed by atoms with Crippen LogP contribution in [0.1, 0.15) is 54.1 Å². The Morgan fingerprint density at radius 2 is 2.00 bits per heavy atom. The molecule has 7 nitrogen and oxygen atoms in total. The summed E-state index contributed by atoms with van der Waals surface area (Å²) in [6.45, 7) is 3.01. The van der Waals surface area contributed by atoms with E-state index in [1.807, 2.05) is 28.8 Å². The summed E-state index contributed by atoms with van der Waals surface area (Å²) in [4.78, 5) is 20.3. The zero-order valence-corrected chi connectivity index (χ0v) is 21.8. The number of alkyl halides is 1. The molecule has 2 saturated heterocycles. The van der Waals surface area contributed by atoms with Gasteiger partial charge in [0.05, 0.1) is 15.9 Å². The van der Waals surface area contributed by atoms with Crippen molar-refractivity contribution in [3.05, 3.63) is 59.5 Å². The van der Waals surface area contributed by atoms with Gasteiger partial charge in [-0.15, -0.1) is 0 Å². The van der Waals surface area contributed by atoms with Crippen molar-refractivity contribution >= 4 is 32.4 Å². The molecule has 2 atom stereocenters. The van der Waals surface area contributed by atoms with Crippen molar-refractivity contribution in [2.24, 2.45) is 0 Å². The Morgan fingerprint density at radius 1 is 1.16 bits per heavy atom. The Labute approximate surface area is 223 Å². The molecular formula is C28H31F2N5O2S. The third-order valence-corrected chi connectivity index (χ3v) is 8.62. The molecule has 10 heteroatoms. The summed E-state index contributed by atoms with van der Waals surface area (Å²) in [5, 5.41) is 15.8. The molecule has 2 aliphatic rings. The Bertz CT molecular complexity index is 1460. The van der Waals surface area contributed by atoms with Crippen molar-refractivity contribution in [2.45, 2.75) is 50.5 Å². The first-order valence-electron chi connectivity index (χ1n) is 13.2. The molecule has 0 aliphatic carbocycles. The van der Waals surface area contributed by atoms with Crippen LogP contribution < -0.4 is 10.6 Å². The molecule has 0 radical (unpaired) electrons. The van der Waals surface area contributed by atoms with Crippen LogP contribution in [0.25, 0.3) is 26.4 Å². The third-order valence-electron chi connectivity index (χ3n) is 7.60. The van der Waals surface area contributed by atoms with Gasteiger partial charge in [-0.05, 0) is 74.5 Å². The lowest BCUT2D eigenvalue weighted by Gasteiger charge is -2.28. The molecule has 0 saturated carbocycles. The van der Waals surface area contributed by atoms with E-state index in [-0.39, 0.29) is 17.8 Å². The summed E-state index contributed by atoms with van der Waals surface area (Å²) in [5.41, 5.74) is 3.31. The normalized spacial score (nSPS) is 21.0. The predicted molar refractivity (Wildman–Crippen MR) is 145 cm³/mol. The molecule has 2 fully saturated rings. The standard InChI is InChI=1S/C28H31F2N5O2S/c29-19-8-12-34(13-9-19)11-1-10-31-27(37)18-3-6-24-25(15-18)38-28-33-23(16-35(24)28)20-4-2-17(14-21(20)30)22-5-7-26(36)32-22/h2-4,6,14-16,19,22,26,32,36H,1,5,7-13H2,(H,31,37)/t22-,26?/m0/s1. The molecule has 2 aliphatic heterocycles. The Hall–Kier alpha value is -2.92. The van der Waals surface area contributed by atoms with Crippen LogP contribution in [0, 0.1) is 5.82 Å². The zero-order chi connectivity index (χ0) is 26.2. The number of halogens is 2. The molecule has 3 N–H and O–H groups in total. The molecule has 2 aromatic heterocycles. The summed E-state index contributed by atoms with van der Waals surface area (Å²) >= 11 is 1.46. The maximum Gasteiger partial charge on any atom is 0.251 e. The first-order chi connectivity index (χ1) is 18.4. The number of fused-ring (bicyclic) bond motifs is 3. The van der Waals surface area contributed by atoms with Crippen molar-refractivity contribution in [3.63, 3.8) is 0 Å². The summed E-state index contributed by atoms with van der Waals surface area (Å²) in [5.74, 6) is -0.459. The van der Waals surface area contributed by atoms with E-state index in [1.165, 1.54) is 17.4 Å². The number of hydrogen-bond donors (Lipinski definition) is 3. The van der Waals surface area contributed by atoms with Gasteiger partial charge in [0.1, 0.15) is 18.2 Å². The average Bonchev–Trinajstić information content (AvgIpc) is 3.61. The van der Waals surface area contributed by atoms with E-state index in [9.17, 15) is 14.3 Å². The molecule has 6 rings (SSSR count). The smallest absolute Gasteiger partial charge is 0.251 e. The van der Waals surface area contributed by atoms with Gasteiger partial charge in [0, 0.05) is 43.0 Å². The number of carbonyl (C=O) groups excluding carboxylic acids is 1. The lowest BCUT2D eigenvalue weighted by atomic mass is 10.0. The Kier molecular flexibility index (Phi) is 7.13. The number of likely N-dealkylation sites (tertiary alicyclic amines) is 1. The van der Waals surface area contributed by atoms with E-state index >= 15 is 4.39 Å². The number of aliphatic hydroxyl groups is 1. The van der Waals surface area contributed by atoms with Crippen LogP contribution in [0.4, 0.5) is 8.78 Å². The second kappa shape index (κ2) is 10.7. The van der Waals surface area contributed by atoms with Gasteiger partial charge >= 0.3 is 0 Å². The number of imidazole rings is 1. The maximum absolute atomic E-state index is 15.0. The molecule has 2 aromatic carbocycles. The van der Waals surface area contributed by atoms with Crippen molar-refractivity contribution in [1.29, 1.82) is 0 Å². The van der Waals surface area contributed by atoms with E-state index in [4.69, 9.17) is 0 Å². The number of amides is 1. The third kappa shape index (κ3) is 5.18. The molecule has 200 valence electrons. The molecule has 4 aromatic rings. The van der Waals surface area contributed by atoms with Gasteiger partial charge in [0.2, 0.25) is 0 Å². The lowest BCUT2D eigenvalue weighted by Crippen LogP contribution is -2.36. The van der Waals surface area contributed by atoms with Crippen molar-refractivity contribution in [2.75, 3.05) is 26.2 Å². The number of rotatable bonds is 7. The van der Waals surface area contributed by atoms with Crippen LogP contribution in [0.3, 0.4) is 0 Å². The van der Waals surface area contributed by atoms with Crippen molar-refractivity contribution < 1.29 is 18.7 Å². The number of aliphatic hydroxyl groups excluding tert-OH is 1. The number of nitrogens with one attached hydrogen (secondary N) is 2. The SMILES string of the molecule is O=C(NCCCN1CCC(F)CC1)c1ccc2c(c1)sc1nc(-c3ccc([C@@H]4CCC(O)N4)cc3F)cn12. The molecule has 1 unspecified atom stereocenters. The zero-order valence-electron chi connectivity index (χ0n) is 21.0. The molecule has 0 bridgehead atoms. The topological polar surface area (TPSA) is 81.9 Å². The van der Waals surface area contributed by atoms with Crippen LogP contribution in [-0.2, 0) is 0 Å². The van der Waals surface area contributed by atoms with Gasteiger partial charge in [-0.1, -0.05) is 17.4 Å². The largest absolute Gasteiger partial charge is 0.379 e. The minimum absolute atomic E-state index is 0.0467. The van der Waals surface area contributed by atoms with E-state index in [2.05, 4.69) is 20.5 Å². The monoisotopic (exact) mass is 539 g/mol. The van der Waals surface area contributed by atoms with Crippen LogP contribution >= 0.6 is 11.3 Å². The number of hydrogen-bond acceptors (Lipinski definition) is 6. The summed E-state index contributed by atoms with van der Waals surface area (Å²) in [6, 6.07) is 10.7. The Morgan fingerprint density at radius 3 is 2.76 bits per heavy atom. The highest BCUT2D eigenvalue weighted by Gasteiger charge is 2.24. The minimum atomic E-state index is -0.670. The van der Waals surface area contributed by atoms with E-state index < -0.39 is 12.4 Å². The van der Waals surface area contributed by atoms with Crippen LogP contribution in [0.15, 0.2) is 42.6 Å². The lowest BCUT2D eigenvalue weighted by molar-refractivity contribution is 0.0950. The molecule has 1 amide bonds. The second-order valence-electron chi connectivity index (χ2n) is 10.2. The number of aromatic nitrogens is 2. The van der Waals surface area contributed by atoms with Gasteiger partial charge in [0.25, 0.3) is 5.91 Å². The van der Waals surface area contributed by atoms with Gasteiger partial charge in [-0.2, -0.15) is 0 Å². The fourth-order valence-electron chi connectivity index (χ4n) is 5.45. The van der Waals surface area contributed by atoms with Crippen LogP contribution in [-0.4, -0.2) is 63.9 Å². The van der Waals surface area contributed by atoms with E-state index in [0.29, 0.717) is 42.6 Å². The van der Waals surface area contributed by atoms with E-state index in [1.54, 1.807) is 12.1 Å². The number of thiazole rings is 1. The quantitative estimate of drug-likeness (QED) is 0.298. The number of nitrogens with zero attached hydrogens (tertiary/aromatic N) is 3. The van der Waals surface area contributed by atoms with Gasteiger partial charge in [-0.25, -0.2) is 13.8 Å². The first kappa shape index (κ1) is 25.4. The summed E-state index contributed by atoms with van der Waals surface area (Å²) in [6.07, 6.45) is 4.07. The number of benzene rings is 2. The predicted octanol–water partition coefficient (Wildman–Crippen LogP) is 4.65. The van der Waals surface area contributed by atoms with Crippen molar-refractivity contribution in [1.82, 2.24) is 24.9 Å². The molecule has 38 heavy (non-hydrogen) atoms.